The number of benzene rings is 2. The predicted molar refractivity (Wildman–Crippen MR) is 102 cm³/mol. The topological polar surface area (TPSA) is 83.7 Å². The largest absolute Gasteiger partial charge is 0.497 e. The van der Waals surface area contributed by atoms with Gasteiger partial charge in [-0.3, -0.25) is 9.36 Å². The van der Waals surface area contributed by atoms with Gasteiger partial charge in [0.2, 0.25) is 0 Å². The summed E-state index contributed by atoms with van der Waals surface area (Å²) >= 11 is 0. The van der Waals surface area contributed by atoms with Crippen molar-refractivity contribution in [3.05, 3.63) is 70.0 Å². The number of nitriles is 2. The van der Waals surface area contributed by atoms with E-state index in [0.717, 1.165) is 16.4 Å². The molecule has 0 bridgehead atoms. The summed E-state index contributed by atoms with van der Waals surface area (Å²) in [6.07, 6.45) is 0. The quantitative estimate of drug-likeness (QED) is 0.553. The normalized spacial score (nSPS) is 10.7. The lowest BCUT2D eigenvalue weighted by Gasteiger charge is -2.10. The Labute approximate surface area is 154 Å². The fourth-order valence-electron chi connectivity index (χ4n) is 3.38. The van der Waals surface area contributed by atoms with Gasteiger partial charge in [-0.15, -0.1) is 0 Å². The minimum absolute atomic E-state index is 0.0599. The van der Waals surface area contributed by atoms with E-state index in [-0.39, 0.29) is 5.56 Å². The molecule has 6 nitrogen and oxygen atoms in total. The van der Waals surface area contributed by atoms with Gasteiger partial charge in [-0.25, -0.2) is 0 Å². The Morgan fingerprint density at radius 2 is 1.70 bits per heavy atom. The summed E-state index contributed by atoms with van der Waals surface area (Å²) < 4.78 is 8.82. The molecule has 130 valence electrons. The molecular weight excluding hydrogens is 340 g/mol. The Bertz CT molecular complexity index is 1350. The van der Waals surface area contributed by atoms with E-state index in [1.54, 1.807) is 37.4 Å². The van der Waals surface area contributed by atoms with Crippen LogP contribution >= 0.6 is 0 Å². The van der Waals surface area contributed by atoms with Crippen LogP contribution in [0.3, 0.4) is 0 Å². The maximum atomic E-state index is 13.0. The van der Waals surface area contributed by atoms with Crippen LogP contribution in [0.5, 0.6) is 5.75 Å². The summed E-state index contributed by atoms with van der Waals surface area (Å²) in [6.45, 7) is 0. The third-order valence-corrected chi connectivity index (χ3v) is 4.74. The molecular formula is C21H14N4O2. The summed E-state index contributed by atoms with van der Waals surface area (Å²) in [5.41, 5.74) is 3.13. The molecule has 4 rings (SSSR count). The number of ether oxygens (including phenoxy) is 1. The standard InChI is InChI=1S/C21H14N4O2/c1-24-18-8-7-16(27-2)10-17(18)20-19(24)9-14(12-23)21(26)25(20)15-5-3-13(11-22)4-6-15/h3-10H,1-2H3. The van der Waals surface area contributed by atoms with Gasteiger partial charge in [-0.1, -0.05) is 0 Å². The minimum atomic E-state index is -0.398. The van der Waals surface area contributed by atoms with E-state index in [0.29, 0.717) is 22.5 Å². The third-order valence-electron chi connectivity index (χ3n) is 4.74. The van der Waals surface area contributed by atoms with Gasteiger partial charge in [-0.2, -0.15) is 10.5 Å². The van der Waals surface area contributed by atoms with Crippen molar-refractivity contribution in [2.24, 2.45) is 7.05 Å². The highest BCUT2D eigenvalue weighted by molar-refractivity contribution is 6.07. The number of nitrogens with zero attached hydrogens (tertiary/aromatic N) is 4. The molecule has 6 heteroatoms. The average molecular weight is 354 g/mol. The zero-order valence-electron chi connectivity index (χ0n) is 14.7. The molecule has 2 aromatic carbocycles. The molecule has 4 aromatic rings. The average Bonchev–Trinajstić information content (AvgIpc) is 2.99. The number of hydrogen-bond donors (Lipinski definition) is 0. The summed E-state index contributed by atoms with van der Waals surface area (Å²) in [5.74, 6) is 0.679. The molecule has 0 spiro atoms. The molecule has 0 saturated carbocycles. The Hall–Kier alpha value is -4.03. The summed E-state index contributed by atoms with van der Waals surface area (Å²) in [7, 11) is 3.49. The second kappa shape index (κ2) is 6.05. The first-order valence-corrected chi connectivity index (χ1v) is 8.22. The van der Waals surface area contributed by atoms with E-state index in [1.165, 1.54) is 4.57 Å². The lowest BCUT2D eigenvalue weighted by Crippen LogP contribution is -2.21. The maximum absolute atomic E-state index is 13.0. The van der Waals surface area contributed by atoms with Crippen LogP contribution in [0.2, 0.25) is 0 Å². The van der Waals surface area contributed by atoms with E-state index in [4.69, 9.17) is 10.00 Å². The van der Waals surface area contributed by atoms with E-state index in [9.17, 15) is 10.1 Å². The fraction of sp³-hybridized carbons (Fsp3) is 0.0952. The molecule has 0 amide bonds. The molecule has 0 atom stereocenters. The third kappa shape index (κ3) is 2.36. The molecule has 0 aliphatic heterocycles. The lowest BCUT2D eigenvalue weighted by atomic mass is 10.1. The van der Waals surface area contributed by atoms with Crippen molar-refractivity contribution in [1.29, 1.82) is 10.5 Å². The van der Waals surface area contributed by atoms with Crippen molar-refractivity contribution in [2.45, 2.75) is 0 Å². The molecule has 0 unspecified atom stereocenters. The lowest BCUT2D eigenvalue weighted by molar-refractivity contribution is 0.415. The number of pyridine rings is 1. The molecule has 2 aromatic heterocycles. The number of rotatable bonds is 2. The van der Waals surface area contributed by atoms with Crippen LogP contribution in [-0.2, 0) is 7.05 Å². The highest BCUT2D eigenvalue weighted by atomic mass is 16.5. The smallest absolute Gasteiger partial charge is 0.273 e. The maximum Gasteiger partial charge on any atom is 0.273 e. The van der Waals surface area contributed by atoms with Crippen LogP contribution in [-0.4, -0.2) is 16.2 Å². The number of aromatic nitrogens is 2. The van der Waals surface area contributed by atoms with E-state index >= 15 is 0 Å². The van der Waals surface area contributed by atoms with Crippen molar-refractivity contribution in [1.82, 2.24) is 9.13 Å². The molecule has 0 fully saturated rings. The molecule has 0 saturated heterocycles. The highest BCUT2D eigenvalue weighted by Gasteiger charge is 2.18. The molecule has 0 radical (unpaired) electrons. The van der Waals surface area contributed by atoms with Crippen molar-refractivity contribution in [2.75, 3.05) is 7.11 Å². The van der Waals surface area contributed by atoms with E-state index in [2.05, 4.69) is 6.07 Å². The summed E-state index contributed by atoms with van der Waals surface area (Å²) in [5, 5.41) is 19.3. The Balaban J connectivity index is 2.22. The zero-order valence-corrected chi connectivity index (χ0v) is 14.7. The fourth-order valence-corrected chi connectivity index (χ4v) is 3.38. The van der Waals surface area contributed by atoms with Crippen molar-refractivity contribution in [3.63, 3.8) is 0 Å². The second-order valence-corrected chi connectivity index (χ2v) is 6.15. The Kier molecular flexibility index (Phi) is 3.68. The van der Waals surface area contributed by atoms with Crippen molar-refractivity contribution < 1.29 is 4.74 Å². The summed E-state index contributed by atoms with van der Waals surface area (Å²) in [4.78, 5) is 13.0. The van der Waals surface area contributed by atoms with Crippen LogP contribution in [0.4, 0.5) is 0 Å². The molecule has 0 aliphatic rings. The zero-order chi connectivity index (χ0) is 19.1. The van der Waals surface area contributed by atoms with E-state index < -0.39 is 5.56 Å². The molecule has 27 heavy (non-hydrogen) atoms. The number of aryl methyl sites for hydroxylation is 1. The van der Waals surface area contributed by atoms with Gasteiger partial charge in [0.25, 0.3) is 5.56 Å². The Morgan fingerprint density at radius 1 is 0.963 bits per heavy atom. The summed E-state index contributed by atoms with van der Waals surface area (Å²) in [6, 6.07) is 18.1. The SMILES string of the molecule is COc1ccc2c(c1)c1c(cc(C#N)c(=O)n1-c1ccc(C#N)cc1)n2C. The van der Waals surface area contributed by atoms with Crippen LogP contribution in [0.15, 0.2) is 53.3 Å². The van der Waals surface area contributed by atoms with Crippen LogP contribution in [0, 0.1) is 22.7 Å². The predicted octanol–water partition coefficient (Wildman–Crippen LogP) is 3.23. The van der Waals surface area contributed by atoms with Crippen LogP contribution in [0.1, 0.15) is 11.1 Å². The number of fused-ring (bicyclic) bond motifs is 3. The van der Waals surface area contributed by atoms with Crippen LogP contribution in [0.25, 0.3) is 27.6 Å². The monoisotopic (exact) mass is 354 g/mol. The van der Waals surface area contributed by atoms with Gasteiger partial charge in [0.1, 0.15) is 17.4 Å². The first kappa shape index (κ1) is 16.4. The Morgan fingerprint density at radius 3 is 2.33 bits per heavy atom. The van der Waals surface area contributed by atoms with Gasteiger partial charge in [0.15, 0.2) is 0 Å². The first-order valence-electron chi connectivity index (χ1n) is 8.22. The van der Waals surface area contributed by atoms with Crippen molar-refractivity contribution >= 4 is 21.9 Å². The minimum Gasteiger partial charge on any atom is -0.497 e. The molecule has 0 N–H and O–H groups in total. The second-order valence-electron chi connectivity index (χ2n) is 6.15. The van der Waals surface area contributed by atoms with E-state index in [1.807, 2.05) is 35.9 Å². The van der Waals surface area contributed by atoms with Crippen molar-refractivity contribution in [3.8, 4) is 23.6 Å². The van der Waals surface area contributed by atoms with Gasteiger partial charge >= 0.3 is 0 Å². The molecule has 2 heterocycles. The molecule has 0 aliphatic carbocycles. The van der Waals surface area contributed by atoms with Gasteiger partial charge in [0.05, 0.1) is 35.3 Å². The van der Waals surface area contributed by atoms with Gasteiger partial charge in [-0.05, 0) is 48.5 Å². The highest BCUT2D eigenvalue weighted by Crippen LogP contribution is 2.32. The van der Waals surface area contributed by atoms with Crippen LogP contribution < -0.4 is 10.3 Å². The number of hydrogen-bond acceptors (Lipinski definition) is 4. The van der Waals surface area contributed by atoms with Gasteiger partial charge in [0, 0.05) is 18.1 Å². The van der Waals surface area contributed by atoms with Gasteiger partial charge < -0.3 is 9.30 Å². The first-order chi connectivity index (χ1) is 13.1. The number of methoxy groups -OCH3 is 1.